The molecule has 176 valence electrons. The molecule has 1 aliphatic heterocycles. The molecule has 7 nitrogen and oxygen atoms in total. The zero-order valence-corrected chi connectivity index (χ0v) is 19.7. The maximum absolute atomic E-state index is 12.7. The third-order valence-electron chi connectivity index (χ3n) is 6.63. The Hall–Kier alpha value is -2.90. The second-order valence-electron chi connectivity index (χ2n) is 8.85. The summed E-state index contributed by atoms with van der Waals surface area (Å²) in [6.45, 7) is 7.71. The number of nitrogens with zero attached hydrogens (tertiary/aromatic N) is 4. The van der Waals surface area contributed by atoms with Gasteiger partial charge in [0.25, 0.3) is 0 Å². The summed E-state index contributed by atoms with van der Waals surface area (Å²) >= 11 is 0. The van der Waals surface area contributed by atoms with E-state index in [9.17, 15) is 9.59 Å². The fourth-order valence-electron chi connectivity index (χ4n) is 4.82. The number of hydrogen-bond acceptors (Lipinski definition) is 4. The van der Waals surface area contributed by atoms with Crippen LogP contribution in [0.4, 0.5) is 0 Å². The summed E-state index contributed by atoms with van der Waals surface area (Å²) in [7, 11) is 2.18. The number of fused-ring (bicyclic) bond motifs is 1. The SMILES string of the molecule is CCn1c(=O)n(CCC(=O)NCCCN2CCN(C)CC2c2ccccc2)c2ccccc21. The van der Waals surface area contributed by atoms with Crippen LogP contribution in [0.25, 0.3) is 11.0 Å². The standard InChI is InChI=1S/C26H35N5O2/c1-3-30-22-12-7-8-13-23(22)31(26(30)33)17-14-25(32)27-15-9-16-29-19-18-28(2)20-24(29)21-10-5-4-6-11-21/h4-8,10-13,24H,3,9,14-20H2,1-2H3,(H,27,32). The van der Waals surface area contributed by atoms with E-state index in [-0.39, 0.29) is 11.6 Å². The Balaban J connectivity index is 1.27. The van der Waals surface area contributed by atoms with E-state index in [1.165, 1.54) is 5.56 Å². The van der Waals surface area contributed by atoms with E-state index in [2.05, 4.69) is 52.5 Å². The molecule has 0 saturated carbocycles. The molecular weight excluding hydrogens is 414 g/mol. The molecule has 0 bridgehead atoms. The van der Waals surface area contributed by atoms with Crippen molar-refractivity contribution in [3.63, 3.8) is 0 Å². The number of aryl methyl sites for hydroxylation is 2. The smallest absolute Gasteiger partial charge is 0.329 e. The molecule has 3 aromatic rings. The molecule has 2 heterocycles. The van der Waals surface area contributed by atoms with Crippen LogP contribution in [0.2, 0.25) is 0 Å². The molecule has 1 unspecified atom stereocenters. The Morgan fingerprint density at radius 2 is 1.67 bits per heavy atom. The summed E-state index contributed by atoms with van der Waals surface area (Å²) < 4.78 is 3.47. The molecule has 4 rings (SSSR count). The minimum atomic E-state index is -0.0477. The number of nitrogens with one attached hydrogen (secondary N) is 1. The van der Waals surface area contributed by atoms with Gasteiger partial charge in [-0.05, 0) is 38.1 Å². The lowest BCUT2D eigenvalue weighted by Crippen LogP contribution is -2.47. The van der Waals surface area contributed by atoms with Crippen molar-refractivity contribution in [2.24, 2.45) is 0 Å². The molecule has 2 aromatic carbocycles. The Morgan fingerprint density at radius 1 is 0.970 bits per heavy atom. The Kier molecular flexibility index (Phi) is 7.62. The Morgan fingerprint density at radius 3 is 2.39 bits per heavy atom. The average Bonchev–Trinajstić information content (AvgIpc) is 3.12. The normalized spacial score (nSPS) is 17.5. The fourth-order valence-corrected chi connectivity index (χ4v) is 4.82. The van der Waals surface area contributed by atoms with Crippen molar-refractivity contribution in [3.05, 3.63) is 70.6 Å². The van der Waals surface area contributed by atoms with E-state index < -0.39 is 0 Å². The number of piperazine rings is 1. The number of para-hydroxylation sites is 2. The molecule has 1 fully saturated rings. The van der Waals surface area contributed by atoms with Gasteiger partial charge >= 0.3 is 5.69 Å². The molecule has 33 heavy (non-hydrogen) atoms. The fraction of sp³-hybridized carbons (Fsp3) is 0.462. The van der Waals surface area contributed by atoms with Crippen molar-refractivity contribution in [1.29, 1.82) is 0 Å². The molecule has 1 N–H and O–H groups in total. The van der Waals surface area contributed by atoms with Gasteiger partial charge in [0.2, 0.25) is 5.91 Å². The molecular formula is C26H35N5O2. The van der Waals surface area contributed by atoms with Crippen molar-refractivity contribution >= 4 is 16.9 Å². The van der Waals surface area contributed by atoms with Gasteiger partial charge in [-0.25, -0.2) is 4.79 Å². The van der Waals surface area contributed by atoms with Crippen LogP contribution in [0, 0.1) is 0 Å². The number of benzene rings is 2. The summed E-state index contributed by atoms with van der Waals surface area (Å²) in [4.78, 5) is 30.1. The lowest BCUT2D eigenvalue weighted by Gasteiger charge is -2.40. The van der Waals surface area contributed by atoms with Crippen LogP contribution in [0.1, 0.15) is 31.4 Å². The Labute approximate surface area is 195 Å². The highest BCUT2D eigenvalue weighted by molar-refractivity contribution is 5.78. The van der Waals surface area contributed by atoms with Gasteiger partial charge in [-0.15, -0.1) is 0 Å². The molecule has 1 atom stereocenters. The number of carbonyl (C=O) groups is 1. The predicted octanol–water partition coefficient (Wildman–Crippen LogP) is 2.71. The van der Waals surface area contributed by atoms with Crippen molar-refractivity contribution < 1.29 is 4.79 Å². The van der Waals surface area contributed by atoms with E-state index in [0.29, 0.717) is 32.1 Å². The zero-order chi connectivity index (χ0) is 23.2. The monoisotopic (exact) mass is 449 g/mol. The lowest BCUT2D eigenvalue weighted by molar-refractivity contribution is -0.121. The quantitative estimate of drug-likeness (QED) is 0.510. The van der Waals surface area contributed by atoms with E-state index in [0.717, 1.165) is 43.6 Å². The zero-order valence-electron chi connectivity index (χ0n) is 19.7. The molecule has 1 amide bonds. The maximum Gasteiger partial charge on any atom is 0.329 e. The van der Waals surface area contributed by atoms with Crippen LogP contribution in [0.5, 0.6) is 0 Å². The first kappa shape index (κ1) is 23.3. The number of likely N-dealkylation sites (N-methyl/N-ethyl adjacent to an activating group) is 1. The van der Waals surface area contributed by atoms with Gasteiger partial charge in [0.05, 0.1) is 11.0 Å². The van der Waals surface area contributed by atoms with Gasteiger partial charge in [-0.2, -0.15) is 0 Å². The molecule has 0 spiro atoms. The van der Waals surface area contributed by atoms with Crippen molar-refractivity contribution in [3.8, 4) is 0 Å². The lowest BCUT2D eigenvalue weighted by atomic mass is 10.0. The van der Waals surface area contributed by atoms with Gasteiger partial charge in [0.15, 0.2) is 0 Å². The van der Waals surface area contributed by atoms with Crippen molar-refractivity contribution in [2.75, 3.05) is 39.8 Å². The first-order valence-corrected chi connectivity index (χ1v) is 12.0. The molecule has 7 heteroatoms. The van der Waals surface area contributed by atoms with Crippen LogP contribution in [0.3, 0.4) is 0 Å². The maximum atomic E-state index is 12.7. The summed E-state index contributed by atoms with van der Waals surface area (Å²) in [6.07, 6.45) is 1.21. The first-order valence-electron chi connectivity index (χ1n) is 12.0. The number of hydrogen-bond donors (Lipinski definition) is 1. The van der Waals surface area contributed by atoms with Crippen molar-refractivity contribution in [2.45, 2.75) is 38.9 Å². The second-order valence-corrected chi connectivity index (χ2v) is 8.85. The number of carbonyl (C=O) groups excluding carboxylic acids is 1. The topological polar surface area (TPSA) is 62.5 Å². The summed E-state index contributed by atoms with van der Waals surface area (Å²) in [5.41, 5.74) is 3.11. The number of amides is 1. The second kappa shape index (κ2) is 10.8. The van der Waals surface area contributed by atoms with E-state index in [1.54, 1.807) is 9.13 Å². The van der Waals surface area contributed by atoms with Crippen LogP contribution >= 0.6 is 0 Å². The predicted molar refractivity (Wildman–Crippen MR) is 132 cm³/mol. The highest BCUT2D eigenvalue weighted by Crippen LogP contribution is 2.24. The molecule has 1 aromatic heterocycles. The largest absolute Gasteiger partial charge is 0.356 e. The van der Waals surface area contributed by atoms with Crippen LogP contribution in [0.15, 0.2) is 59.4 Å². The van der Waals surface area contributed by atoms with Gasteiger partial charge in [0.1, 0.15) is 0 Å². The van der Waals surface area contributed by atoms with Gasteiger partial charge in [-0.3, -0.25) is 18.8 Å². The summed E-state index contributed by atoms with van der Waals surface area (Å²) in [6, 6.07) is 18.8. The minimum Gasteiger partial charge on any atom is -0.356 e. The molecule has 0 radical (unpaired) electrons. The van der Waals surface area contributed by atoms with Gasteiger partial charge in [0, 0.05) is 58.3 Å². The van der Waals surface area contributed by atoms with Gasteiger partial charge < -0.3 is 10.2 Å². The Bertz CT molecular complexity index is 1120. The highest BCUT2D eigenvalue weighted by Gasteiger charge is 2.26. The number of imidazole rings is 1. The third-order valence-corrected chi connectivity index (χ3v) is 6.63. The van der Waals surface area contributed by atoms with Crippen LogP contribution in [-0.2, 0) is 17.9 Å². The van der Waals surface area contributed by atoms with E-state index in [4.69, 9.17) is 0 Å². The minimum absolute atomic E-state index is 0.00628. The third kappa shape index (κ3) is 5.37. The number of aromatic nitrogens is 2. The van der Waals surface area contributed by atoms with Crippen molar-refractivity contribution in [1.82, 2.24) is 24.3 Å². The van der Waals surface area contributed by atoms with E-state index >= 15 is 0 Å². The van der Waals surface area contributed by atoms with E-state index in [1.807, 2.05) is 31.2 Å². The molecule has 1 aliphatic rings. The molecule has 1 saturated heterocycles. The van der Waals surface area contributed by atoms with Gasteiger partial charge in [-0.1, -0.05) is 42.5 Å². The summed E-state index contributed by atoms with van der Waals surface area (Å²) in [5.74, 6) is -0.00628. The van der Waals surface area contributed by atoms with Crippen LogP contribution < -0.4 is 11.0 Å². The highest BCUT2D eigenvalue weighted by atomic mass is 16.2. The van der Waals surface area contributed by atoms with Crippen LogP contribution in [-0.4, -0.2) is 64.6 Å². The summed E-state index contributed by atoms with van der Waals surface area (Å²) in [5, 5.41) is 3.05. The molecule has 0 aliphatic carbocycles. The number of rotatable bonds is 9. The average molecular weight is 450 g/mol. The first-order chi connectivity index (χ1) is 16.1.